The highest BCUT2D eigenvalue weighted by Crippen LogP contribution is 2.24. The maximum absolute atomic E-state index is 11.6. The number of thioether (sulfide) groups is 1. The van der Waals surface area contributed by atoms with Crippen molar-refractivity contribution in [3.63, 3.8) is 0 Å². The third kappa shape index (κ3) is 5.81. The fourth-order valence-corrected chi connectivity index (χ4v) is 3.96. The van der Waals surface area contributed by atoms with E-state index in [4.69, 9.17) is 5.73 Å². The second-order valence-corrected chi connectivity index (χ2v) is 7.76. The molecule has 0 radical (unpaired) electrons. The number of hydrogen-bond acceptors (Lipinski definition) is 5. The topological polar surface area (TPSA) is 68.0 Å². The Bertz CT molecular complexity index is 434. The third-order valence-electron chi connectivity index (χ3n) is 3.05. The number of nitrogens with zero attached hydrogens (tertiary/aromatic N) is 1. The number of unbranched alkanes of at least 4 members (excludes halogenated alkanes) is 1. The first-order valence-electron chi connectivity index (χ1n) is 6.96. The smallest absolute Gasteiger partial charge is 0.237 e. The summed E-state index contributed by atoms with van der Waals surface area (Å²) in [5.41, 5.74) is 6.00. The fraction of sp³-hybridized carbons (Fsp3) is 0.714. The predicted molar refractivity (Wildman–Crippen MR) is 87.3 cm³/mol. The lowest BCUT2D eigenvalue weighted by Gasteiger charge is -2.29. The molecule has 0 aliphatic rings. The number of nitrogens with two attached hydrogens (primary N) is 1. The molecule has 0 fully saturated rings. The molecule has 0 saturated carbocycles. The van der Waals surface area contributed by atoms with E-state index in [2.05, 4.69) is 15.7 Å². The molecular formula is C14H25N3OS2. The highest BCUT2D eigenvalue weighted by atomic mass is 32.2. The van der Waals surface area contributed by atoms with E-state index in [1.54, 1.807) is 23.1 Å². The van der Waals surface area contributed by atoms with Gasteiger partial charge in [0.1, 0.15) is 4.34 Å². The summed E-state index contributed by atoms with van der Waals surface area (Å²) in [6.45, 7) is 7.97. The Balaban J connectivity index is 2.29. The number of nitrogens with one attached hydrogen (secondary N) is 1. The molecule has 1 atom stereocenters. The molecule has 1 aromatic heterocycles. The number of hydrogen-bond donors (Lipinski definition) is 2. The largest absolute Gasteiger partial charge is 0.368 e. The van der Waals surface area contributed by atoms with Crippen molar-refractivity contribution < 1.29 is 4.79 Å². The van der Waals surface area contributed by atoms with Crippen molar-refractivity contribution >= 4 is 29.0 Å². The predicted octanol–water partition coefficient (Wildman–Crippen LogP) is 2.96. The van der Waals surface area contributed by atoms with Crippen LogP contribution in [0.25, 0.3) is 0 Å². The molecule has 1 heterocycles. The number of amides is 1. The number of aryl methyl sites for hydroxylation is 1. The van der Waals surface area contributed by atoms with Crippen molar-refractivity contribution in [1.82, 2.24) is 10.3 Å². The van der Waals surface area contributed by atoms with E-state index in [1.165, 1.54) is 0 Å². The van der Waals surface area contributed by atoms with Gasteiger partial charge < -0.3 is 11.1 Å². The van der Waals surface area contributed by atoms with E-state index in [0.29, 0.717) is 0 Å². The van der Waals surface area contributed by atoms with Crippen LogP contribution in [0.1, 0.15) is 45.7 Å². The van der Waals surface area contributed by atoms with Gasteiger partial charge in [0.15, 0.2) is 0 Å². The van der Waals surface area contributed by atoms with Crippen molar-refractivity contribution in [2.75, 3.05) is 5.75 Å². The molecule has 0 aliphatic carbocycles. The quantitative estimate of drug-likeness (QED) is 0.543. The zero-order valence-electron chi connectivity index (χ0n) is 12.7. The summed E-state index contributed by atoms with van der Waals surface area (Å²) in [5, 5.41) is 5.34. The number of primary amides is 1. The van der Waals surface area contributed by atoms with Crippen molar-refractivity contribution in [1.29, 1.82) is 0 Å². The van der Waals surface area contributed by atoms with Gasteiger partial charge in [-0.3, -0.25) is 4.79 Å². The summed E-state index contributed by atoms with van der Waals surface area (Å²) < 4.78 is 1.13. The second-order valence-electron chi connectivity index (χ2n) is 5.56. The van der Waals surface area contributed by atoms with Gasteiger partial charge >= 0.3 is 0 Å². The fourth-order valence-electron chi connectivity index (χ4n) is 2.04. The highest BCUT2D eigenvalue weighted by molar-refractivity contribution is 8.00. The zero-order chi connectivity index (χ0) is 15.2. The molecule has 20 heavy (non-hydrogen) atoms. The standard InChI is InChI=1S/C14H25N3OS2/c1-10(2)17-14(4,12(15)18)7-5-6-8-19-13-16-11(3)9-20-13/h9-10,17H,5-8H2,1-4H3,(H2,15,18). The van der Waals surface area contributed by atoms with E-state index in [1.807, 2.05) is 27.7 Å². The van der Waals surface area contributed by atoms with Crippen LogP contribution in [0.3, 0.4) is 0 Å². The minimum absolute atomic E-state index is 0.250. The van der Waals surface area contributed by atoms with E-state index < -0.39 is 5.54 Å². The molecular weight excluding hydrogens is 290 g/mol. The Morgan fingerprint density at radius 2 is 2.25 bits per heavy atom. The average Bonchev–Trinajstić information content (AvgIpc) is 2.73. The Labute approximate surface area is 129 Å². The number of carbonyl (C=O) groups is 1. The molecule has 114 valence electrons. The molecule has 1 amide bonds. The van der Waals surface area contributed by atoms with Crippen molar-refractivity contribution in [3.05, 3.63) is 11.1 Å². The van der Waals surface area contributed by atoms with Crippen molar-refractivity contribution in [2.45, 2.75) is 62.9 Å². The molecule has 0 aromatic carbocycles. The van der Waals surface area contributed by atoms with Crippen molar-refractivity contribution in [3.8, 4) is 0 Å². The van der Waals surface area contributed by atoms with Gasteiger partial charge in [0, 0.05) is 22.9 Å². The van der Waals surface area contributed by atoms with Gasteiger partial charge in [-0.05, 0) is 40.5 Å². The first-order chi connectivity index (χ1) is 9.33. The monoisotopic (exact) mass is 315 g/mol. The molecule has 0 spiro atoms. The van der Waals surface area contributed by atoms with Crippen LogP contribution in [0.5, 0.6) is 0 Å². The highest BCUT2D eigenvalue weighted by Gasteiger charge is 2.30. The van der Waals surface area contributed by atoms with Crippen LogP contribution in [-0.2, 0) is 4.79 Å². The Kier molecular flexibility index (Phi) is 6.99. The van der Waals surface area contributed by atoms with Gasteiger partial charge in [0.05, 0.1) is 5.54 Å². The van der Waals surface area contributed by atoms with E-state index >= 15 is 0 Å². The van der Waals surface area contributed by atoms with Gasteiger partial charge in [-0.15, -0.1) is 11.3 Å². The Morgan fingerprint density at radius 3 is 2.75 bits per heavy atom. The molecule has 3 N–H and O–H groups in total. The van der Waals surface area contributed by atoms with Gasteiger partial charge in [0.2, 0.25) is 5.91 Å². The van der Waals surface area contributed by atoms with Crippen molar-refractivity contribution in [2.24, 2.45) is 5.73 Å². The Morgan fingerprint density at radius 1 is 1.55 bits per heavy atom. The van der Waals surface area contributed by atoms with Gasteiger partial charge in [0.25, 0.3) is 0 Å². The maximum atomic E-state index is 11.6. The Hall–Kier alpha value is -0.590. The molecule has 0 bridgehead atoms. The summed E-state index contributed by atoms with van der Waals surface area (Å²) >= 11 is 3.48. The summed E-state index contributed by atoms with van der Waals surface area (Å²) in [4.78, 5) is 16.0. The van der Waals surface area contributed by atoms with Crippen LogP contribution in [-0.4, -0.2) is 28.2 Å². The maximum Gasteiger partial charge on any atom is 0.237 e. The van der Waals surface area contributed by atoms with Crippen LogP contribution < -0.4 is 11.1 Å². The molecule has 0 saturated heterocycles. The first-order valence-corrected chi connectivity index (χ1v) is 8.82. The van der Waals surface area contributed by atoms with E-state index in [0.717, 1.165) is 35.0 Å². The molecule has 4 nitrogen and oxygen atoms in total. The van der Waals surface area contributed by atoms with Gasteiger partial charge in [-0.25, -0.2) is 4.98 Å². The minimum Gasteiger partial charge on any atom is -0.368 e. The van der Waals surface area contributed by atoms with Crippen LogP contribution in [0.15, 0.2) is 9.72 Å². The lowest BCUT2D eigenvalue weighted by molar-refractivity contribution is -0.124. The SMILES string of the molecule is Cc1csc(SCCCCC(C)(NC(C)C)C(N)=O)n1. The summed E-state index contributed by atoms with van der Waals surface area (Å²) in [7, 11) is 0. The van der Waals surface area contributed by atoms with Crippen LogP contribution >= 0.6 is 23.1 Å². The van der Waals surface area contributed by atoms with E-state index in [9.17, 15) is 4.79 Å². The lowest BCUT2D eigenvalue weighted by atomic mass is 9.93. The first kappa shape index (κ1) is 17.5. The summed E-state index contributed by atoms with van der Waals surface area (Å²) in [5.74, 6) is 0.762. The molecule has 1 aromatic rings. The summed E-state index contributed by atoms with van der Waals surface area (Å²) in [6.07, 6.45) is 2.82. The zero-order valence-corrected chi connectivity index (χ0v) is 14.4. The number of thiazole rings is 1. The molecule has 6 heteroatoms. The molecule has 1 rings (SSSR count). The number of rotatable bonds is 9. The van der Waals surface area contributed by atoms with Crippen LogP contribution in [0.4, 0.5) is 0 Å². The van der Waals surface area contributed by atoms with E-state index in [-0.39, 0.29) is 11.9 Å². The molecule has 0 aliphatic heterocycles. The molecule has 1 unspecified atom stereocenters. The number of aromatic nitrogens is 1. The third-order valence-corrected chi connectivity index (χ3v) is 5.27. The van der Waals surface area contributed by atoms with Gasteiger partial charge in [-0.2, -0.15) is 0 Å². The second kappa shape index (κ2) is 8.00. The summed E-state index contributed by atoms with van der Waals surface area (Å²) in [6, 6.07) is 0.250. The average molecular weight is 316 g/mol. The lowest BCUT2D eigenvalue weighted by Crippen LogP contribution is -2.55. The number of carbonyl (C=O) groups excluding carboxylic acids is 1. The van der Waals surface area contributed by atoms with Gasteiger partial charge in [-0.1, -0.05) is 18.2 Å². The van der Waals surface area contributed by atoms with Crippen LogP contribution in [0, 0.1) is 6.92 Å². The minimum atomic E-state index is -0.601. The normalized spacial score (nSPS) is 14.4. The van der Waals surface area contributed by atoms with Crippen LogP contribution in [0.2, 0.25) is 0 Å².